The van der Waals surface area contributed by atoms with Crippen LogP contribution in [0.5, 0.6) is 0 Å². The van der Waals surface area contributed by atoms with Gasteiger partial charge in [-0.3, -0.25) is 9.59 Å². The first-order valence-corrected chi connectivity index (χ1v) is 7.21. The zero-order valence-electron chi connectivity index (χ0n) is 12.4. The van der Waals surface area contributed by atoms with Gasteiger partial charge in [0.05, 0.1) is 16.3 Å². The van der Waals surface area contributed by atoms with Crippen LogP contribution in [0.2, 0.25) is 5.02 Å². The van der Waals surface area contributed by atoms with Gasteiger partial charge in [-0.25, -0.2) is 0 Å². The first kappa shape index (κ1) is 17.5. The lowest BCUT2D eigenvalue weighted by atomic mass is 9.89. The molecule has 0 aromatic heterocycles. The number of hydrogen-bond donors (Lipinski definition) is 3. The number of halogens is 1. The number of para-hydroxylation sites is 1. The first-order valence-electron chi connectivity index (χ1n) is 6.84. The highest BCUT2D eigenvalue weighted by Gasteiger charge is 2.28. The minimum atomic E-state index is -1.06. The van der Waals surface area contributed by atoms with Crippen molar-refractivity contribution in [1.29, 1.82) is 0 Å². The van der Waals surface area contributed by atoms with Crippen molar-refractivity contribution in [2.24, 2.45) is 5.92 Å². The van der Waals surface area contributed by atoms with E-state index < -0.39 is 17.4 Å². The minimum absolute atomic E-state index is 0.00410. The number of carbonyl (C=O) groups is 2. The van der Waals surface area contributed by atoms with Crippen molar-refractivity contribution >= 4 is 29.1 Å². The molecule has 0 aliphatic rings. The van der Waals surface area contributed by atoms with E-state index in [0.717, 1.165) is 6.42 Å². The van der Waals surface area contributed by atoms with Crippen LogP contribution in [-0.4, -0.2) is 29.1 Å². The van der Waals surface area contributed by atoms with Crippen LogP contribution in [0, 0.1) is 5.92 Å². The molecule has 0 aliphatic heterocycles. The van der Waals surface area contributed by atoms with Gasteiger partial charge < -0.3 is 15.7 Å². The van der Waals surface area contributed by atoms with Crippen LogP contribution in [0.3, 0.4) is 0 Å². The smallest absolute Gasteiger partial charge is 0.313 e. The number of anilines is 1. The van der Waals surface area contributed by atoms with Crippen LogP contribution in [0.15, 0.2) is 24.3 Å². The lowest BCUT2D eigenvalue weighted by Gasteiger charge is -2.29. The standard InChI is InChI=1S/C15H21ClN2O3/c1-4-10(2)15(3,21)9-17-13(19)14(20)18-12-8-6-5-7-11(12)16/h5-8,10,21H,4,9H2,1-3H3,(H,17,19)(H,18,20). The highest BCUT2D eigenvalue weighted by atomic mass is 35.5. The molecule has 0 radical (unpaired) electrons. The Bertz CT molecular complexity index is 517. The van der Waals surface area contributed by atoms with Gasteiger partial charge in [0.15, 0.2) is 0 Å². The summed E-state index contributed by atoms with van der Waals surface area (Å²) < 4.78 is 0. The summed E-state index contributed by atoms with van der Waals surface area (Å²) in [7, 11) is 0. The van der Waals surface area contributed by atoms with Gasteiger partial charge in [-0.2, -0.15) is 0 Å². The van der Waals surface area contributed by atoms with E-state index in [1.54, 1.807) is 31.2 Å². The van der Waals surface area contributed by atoms with Crippen LogP contribution in [-0.2, 0) is 9.59 Å². The number of aliphatic hydroxyl groups is 1. The third-order valence-corrected chi connectivity index (χ3v) is 3.94. The van der Waals surface area contributed by atoms with E-state index in [9.17, 15) is 14.7 Å². The van der Waals surface area contributed by atoms with Crippen molar-refractivity contribution in [1.82, 2.24) is 5.32 Å². The van der Waals surface area contributed by atoms with Gasteiger partial charge in [0.25, 0.3) is 0 Å². The summed E-state index contributed by atoms with van der Waals surface area (Å²) >= 11 is 5.90. The van der Waals surface area contributed by atoms with Crippen LogP contribution in [0.25, 0.3) is 0 Å². The normalized spacial score (nSPS) is 14.9. The Labute approximate surface area is 129 Å². The predicted molar refractivity (Wildman–Crippen MR) is 83.2 cm³/mol. The van der Waals surface area contributed by atoms with Crippen molar-refractivity contribution in [2.75, 3.05) is 11.9 Å². The number of rotatable bonds is 5. The molecule has 116 valence electrons. The van der Waals surface area contributed by atoms with Crippen molar-refractivity contribution in [3.8, 4) is 0 Å². The van der Waals surface area contributed by atoms with Gasteiger partial charge in [0.2, 0.25) is 0 Å². The quantitative estimate of drug-likeness (QED) is 0.729. The van der Waals surface area contributed by atoms with Crippen molar-refractivity contribution < 1.29 is 14.7 Å². The fourth-order valence-electron chi connectivity index (χ4n) is 1.70. The number of hydrogen-bond acceptors (Lipinski definition) is 3. The van der Waals surface area contributed by atoms with Crippen LogP contribution < -0.4 is 10.6 Å². The second-order valence-electron chi connectivity index (χ2n) is 5.28. The van der Waals surface area contributed by atoms with Crippen LogP contribution in [0.1, 0.15) is 27.2 Å². The second kappa shape index (κ2) is 7.43. The first-order chi connectivity index (χ1) is 9.77. The van der Waals surface area contributed by atoms with E-state index in [-0.39, 0.29) is 12.5 Å². The summed E-state index contributed by atoms with van der Waals surface area (Å²) in [6, 6.07) is 6.64. The van der Waals surface area contributed by atoms with Gasteiger partial charge >= 0.3 is 11.8 Å². The van der Waals surface area contributed by atoms with E-state index >= 15 is 0 Å². The van der Waals surface area contributed by atoms with E-state index in [1.165, 1.54) is 0 Å². The summed E-state index contributed by atoms with van der Waals surface area (Å²) in [5.41, 5.74) is -0.692. The number of nitrogens with one attached hydrogen (secondary N) is 2. The van der Waals surface area contributed by atoms with E-state index in [2.05, 4.69) is 10.6 Å². The van der Waals surface area contributed by atoms with E-state index in [0.29, 0.717) is 10.7 Å². The van der Waals surface area contributed by atoms with E-state index in [4.69, 9.17) is 11.6 Å². The summed E-state index contributed by atoms with van der Waals surface area (Å²) in [6.45, 7) is 5.48. The molecule has 0 saturated carbocycles. The molecule has 0 bridgehead atoms. The van der Waals surface area contributed by atoms with Crippen molar-refractivity contribution in [3.63, 3.8) is 0 Å². The van der Waals surface area contributed by atoms with Crippen LogP contribution >= 0.6 is 11.6 Å². The average Bonchev–Trinajstić information content (AvgIpc) is 2.46. The van der Waals surface area contributed by atoms with Gasteiger partial charge in [-0.1, -0.05) is 44.0 Å². The molecule has 1 aromatic rings. The Morgan fingerprint density at radius 1 is 1.33 bits per heavy atom. The lowest BCUT2D eigenvalue weighted by molar-refractivity contribution is -0.137. The summed E-state index contributed by atoms with van der Waals surface area (Å²) in [4.78, 5) is 23.5. The molecule has 0 saturated heterocycles. The molecule has 2 atom stereocenters. The highest BCUT2D eigenvalue weighted by Crippen LogP contribution is 2.20. The maximum Gasteiger partial charge on any atom is 0.313 e. The molecule has 0 heterocycles. The number of carbonyl (C=O) groups excluding carboxylic acids is 2. The molecule has 0 spiro atoms. The zero-order chi connectivity index (χ0) is 16.0. The number of amides is 2. The van der Waals surface area contributed by atoms with Crippen LogP contribution in [0.4, 0.5) is 5.69 Å². The maximum atomic E-state index is 11.8. The Morgan fingerprint density at radius 3 is 2.52 bits per heavy atom. The molecule has 3 N–H and O–H groups in total. The maximum absolute atomic E-state index is 11.8. The molecule has 1 aromatic carbocycles. The largest absolute Gasteiger partial charge is 0.388 e. The molecular formula is C15H21ClN2O3. The highest BCUT2D eigenvalue weighted by molar-refractivity contribution is 6.41. The van der Waals surface area contributed by atoms with Crippen molar-refractivity contribution in [2.45, 2.75) is 32.8 Å². The molecule has 2 amide bonds. The van der Waals surface area contributed by atoms with Gasteiger partial charge in [-0.05, 0) is 25.0 Å². The fraction of sp³-hybridized carbons (Fsp3) is 0.467. The molecule has 0 fully saturated rings. The third kappa shape index (κ3) is 5.02. The fourth-order valence-corrected chi connectivity index (χ4v) is 1.88. The molecule has 5 nitrogen and oxygen atoms in total. The topological polar surface area (TPSA) is 78.4 Å². The minimum Gasteiger partial charge on any atom is -0.388 e. The lowest BCUT2D eigenvalue weighted by Crippen LogP contribution is -2.47. The Hall–Kier alpha value is -1.59. The summed E-state index contributed by atoms with van der Waals surface area (Å²) in [5, 5.41) is 15.4. The summed E-state index contributed by atoms with van der Waals surface area (Å²) in [5.74, 6) is -1.62. The number of benzene rings is 1. The molecule has 1 rings (SSSR count). The molecular weight excluding hydrogens is 292 g/mol. The molecule has 2 unspecified atom stereocenters. The van der Waals surface area contributed by atoms with Gasteiger partial charge in [-0.15, -0.1) is 0 Å². The zero-order valence-corrected chi connectivity index (χ0v) is 13.2. The molecule has 21 heavy (non-hydrogen) atoms. The SMILES string of the molecule is CCC(C)C(C)(O)CNC(=O)C(=O)Nc1ccccc1Cl. The third-order valence-electron chi connectivity index (χ3n) is 3.61. The second-order valence-corrected chi connectivity index (χ2v) is 5.69. The van der Waals surface area contributed by atoms with Gasteiger partial charge in [0.1, 0.15) is 0 Å². The Kier molecular flexibility index (Phi) is 6.18. The Balaban J connectivity index is 2.56. The summed E-state index contributed by atoms with van der Waals surface area (Å²) in [6.07, 6.45) is 0.773. The Morgan fingerprint density at radius 2 is 1.95 bits per heavy atom. The van der Waals surface area contributed by atoms with E-state index in [1.807, 2.05) is 13.8 Å². The molecule has 0 aliphatic carbocycles. The predicted octanol–water partition coefficient (Wildman–Crippen LogP) is 2.19. The molecule has 6 heteroatoms. The van der Waals surface area contributed by atoms with Crippen molar-refractivity contribution in [3.05, 3.63) is 29.3 Å². The average molecular weight is 313 g/mol. The monoisotopic (exact) mass is 312 g/mol. The van der Waals surface area contributed by atoms with Gasteiger partial charge in [0, 0.05) is 6.54 Å².